The second-order valence-electron chi connectivity index (χ2n) is 6.09. The molecule has 0 aliphatic rings. The van der Waals surface area contributed by atoms with E-state index in [1.807, 2.05) is 18.2 Å². The Hall–Kier alpha value is -3.93. The molecule has 4 aromatic rings. The molecule has 4 rings (SSSR count). The van der Waals surface area contributed by atoms with Crippen LogP contribution in [0.5, 0.6) is 11.5 Å². The van der Waals surface area contributed by atoms with Gasteiger partial charge in [-0.15, -0.1) is 0 Å². The van der Waals surface area contributed by atoms with Crippen molar-refractivity contribution in [1.29, 1.82) is 0 Å². The number of aromatic nitrogens is 1. The first-order valence-corrected chi connectivity index (χ1v) is 8.56. The molecule has 0 saturated carbocycles. The number of anilines is 1. The molecule has 0 aliphatic heterocycles. The Morgan fingerprint density at radius 2 is 1.68 bits per heavy atom. The summed E-state index contributed by atoms with van der Waals surface area (Å²) in [7, 11) is 0. The van der Waals surface area contributed by atoms with E-state index < -0.39 is 17.5 Å². The number of Topliss-reactive ketones (excluding diaryl/α,β-unsaturated/α-hetero) is 1. The molecule has 0 fully saturated rings. The first-order valence-electron chi connectivity index (χ1n) is 8.56. The molecule has 1 heterocycles. The molecular weight excluding hydrogens is 359 g/mol. The number of halogens is 1. The SMILES string of the molecule is O=C(Nc1ccccc1Oc1ccccc1)C(=O)c1c[nH]c2ccc(F)cc12. The number of carbonyl (C=O) groups is 2. The fourth-order valence-corrected chi connectivity index (χ4v) is 2.86. The molecule has 0 saturated heterocycles. The molecule has 0 aliphatic carbocycles. The molecule has 0 spiro atoms. The summed E-state index contributed by atoms with van der Waals surface area (Å²) in [6, 6.07) is 19.9. The number of benzene rings is 3. The maximum atomic E-state index is 13.5. The fourth-order valence-electron chi connectivity index (χ4n) is 2.86. The van der Waals surface area contributed by atoms with Crippen molar-refractivity contribution in [2.75, 3.05) is 5.32 Å². The van der Waals surface area contributed by atoms with Gasteiger partial charge in [0, 0.05) is 17.1 Å². The van der Waals surface area contributed by atoms with Crippen LogP contribution in [0, 0.1) is 5.82 Å². The topological polar surface area (TPSA) is 71.2 Å². The molecule has 2 N–H and O–H groups in total. The zero-order valence-corrected chi connectivity index (χ0v) is 14.6. The average molecular weight is 374 g/mol. The average Bonchev–Trinajstić information content (AvgIpc) is 3.12. The maximum absolute atomic E-state index is 13.5. The van der Waals surface area contributed by atoms with Crippen LogP contribution in [0.3, 0.4) is 0 Å². The summed E-state index contributed by atoms with van der Waals surface area (Å²) in [5.74, 6) is -1.09. The van der Waals surface area contributed by atoms with Gasteiger partial charge in [-0.05, 0) is 42.5 Å². The van der Waals surface area contributed by atoms with Crippen LogP contribution in [0.2, 0.25) is 0 Å². The predicted molar refractivity (Wildman–Crippen MR) is 104 cm³/mol. The van der Waals surface area contributed by atoms with Crippen LogP contribution in [0.15, 0.2) is 79.0 Å². The van der Waals surface area contributed by atoms with Gasteiger partial charge in [-0.2, -0.15) is 0 Å². The van der Waals surface area contributed by atoms with Gasteiger partial charge in [0.15, 0.2) is 5.75 Å². The smallest absolute Gasteiger partial charge is 0.296 e. The molecule has 138 valence electrons. The number of H-pyrrole nitrogens is 1. The third kappa shape index (κ3) is 3.48. The Morgan fingerprint density at radius 1 is 0.929 bits per heavy atom. The number of rotatable bonds is 5. The van der Waals surface area contributed by atoms with Crippen LogP contribution in [0.1, 0.15) is 10.4 Å². The highest BCUT2D eigenvalue weighted by molar-refractivity contribution is 6.48. The Bertz CT molecular complexity index is 1170. The van der Waals surface area contributed by atoms with Gasteiger partial charge in [-0.25, -0.2) is 4.39 Å². The number of ether oxygens (including phenoxy) is 1. The first-order chi connectivity index (χ1) is 13.6. The van der Waals surface area contributed by atoms with Crippen molar-refractivity contribution in [3.8, 4) is 11.5 Å². The number of nitrogens with one attached hydrogen (secondary N) is 2. The lowest BCUT2D eigenvalue weighted by Gasteiger charge is -2.11. The summed E-state index contributed by atoms with van der Waals surface area (Å²) in [4.78, 5) is 28.0. The van der Waals surface area contributed by atoms with Gasteiger partial charge in [0.1, 0.15) is 11.6 Å². The van der Waals surface area contributed by atoms with Crippen LogP contribution in [0.25, 0.3) is 10.9 Å². The van der Waals surface area contributed by atoms with E-state index in [2.05, 4.69) is 10.3 Å². The van der Waals surface area contributed by atoms with Gasteiger partial charge in [0.05, 0.1) is 11.3 Å². The maximum Gasteiger partial charge on any atom is 0.296 e. The number of hydrogen-bond donors (Lipinski definition) is 2. The zero-order chi connectivity index (χ0) is 19.5. The number of hydrogen-bond acceptors (Lipinski definition) is 3. The summed E-state index contributed by atoms with van der Waals surface area (Å²) in [6.45, 7) is 0. The summed E-state index contributed by atoms with van der Waals surface area (Å²) in [5, 5.41) is 2.93. The molecule has 0 atom stereocenters. The van der Waals surface area contributed by atoms with Crippen LogP contribution in [-0.4, -0.2) is 16.7 Å². The predicted octanol–water partition coefficient (Wildman–Crippen LogP) is 4.92. The van der Waals surface area contributed by atoms with Crippen LogP contribution in [-0.2, 0) is 4.79 Å². The molecule has 5 nitrogen and oxygen atoms in total. The third-order valence-corrected chi connectivity index (χ3v) is 4.20. The van der Waals surface area contributed by atoms with E-state index in [0.717, 1.165) is 0 Å². The molecule has 0 radical (unpaired) electrons. The van der Waals surface area contributed by atoms with E-state index in [1.165, 1.54) is 24.4 Å². The van der Waals surface area contributed by atoms with Gasteiger partial charge in [-0.3, -0.25) is 9.59 Å². The lowest BCUT2D eigenvalue weighted by Crippen LogP contribution is -2.23. The summed E-state index contributed by atoms with van der Waals surface area (Å²) in [6.07, 6.45) is 1.40. The minimum Gasteiger partial charge on any atom is -0.455 e. The van der Waals surface area contributed by atoms with Gasteiger partial charge in [0.2, 0.25) is 0 Å². The van der Waals surface area contributed by atoms with E-state index in [9.17, 15) is 14.0 Å². The van der Waals surface area contributed by atoms with Crippen molar-refractivity contribution in [2.45, 2.75) is 0 Å². The molecule has 0 bridgehead atoms. The van der Waals surface area contributed by atoms with Gasteiger partial charge in [0.25, 0.3) is 11.7 Å². The second kappa shape index (κ2) is 7.36. The Morgan fingerprint density at radius 3 is 2.50 bits per heavy atom. The van der Waals surface area contributed by atoms with E-state index in [4.69, 9.17) is 4.74 Å². The highest BCUT2D eigenvalue weighted by atomic mass is 19.1. The van der Waals surface area contributed by atoms with Crippen molar-refractivity contribution >= 4 is 28.3 Å². The Kier molecular flexibility index (Phi) is 4.60. The highest BCUT2D eigenvalue weighted by Gasteiger charge is 2.21. The minimum absolute atomic E-state index is 0.105. The second-order valence-corrected chi connectivity index (χ2v) is 6.09. The molecule has 1 amide bonds. The number of ketones is 1. The van der Waals surface area contributed by atoms with E-state index in [0.29, 0.717) is 28.1 Å². The summed E-state index contributed by atoms with van der Waals surface area (Å²) >= 11 is 0. The van der Waals surface area contributed by atoms with E-state index >= 15 is 0 Å². The number of fused-ring (bicyclic) bond motifs is 1. The van der Waals surface area contributed by atoms with E-state index in [-0.39, 0.29) is 5.56 Å². The molecule has 28 heavy (non-hydrogen) atoms. The number of para-hydroxylation sites is 3. The quantitative estimate of drug-likeness (QED) is 0.385. The summed E-state index contributed by atoms with van der Waals surface area (Å²) < 4.78 is 19.3. The lowest BCUT2D eigenvalue weighted by molar-refractivity contribution is -0.112. The molecule has 6 heteroatoms. The van der Waals surface area contributed by atoms with Gasteiger partial charge in [-0.1, -0.05) is 30.3 Å². The minimum atomic E-state index is -0.839. The Balaban J connectivity index is 1.58. The van der Waals surface area contributed by atoms with Crippen molar-refractivity contribution in [3.63, 3.8) is 0 Å². The normalized spacial score (nSPS) is 10.6. The van der Waals surface area contributed by atoms with Crippen molar-refractivity contribution in [1.82, 2.24) is 4.98 Å². The Labute approximate surface area is 159 Å². The number of carbonyl (C=O) groups excluding carboxylic acids is 2. The third-order valence-electron chi connectivity index (χ3n) is 4.20. The van der Waals surface area contributed by atoms with Crippen molar-refractivity contribution in [2.24, 2.45) is 0 Å². The first kappa shape index (κ1) is 17.5. The van der Waals surface area contributed by atoms with Gasteiger partial charge < -0.3 is 15.0 Å². The van der Waals surface area contributed by atoms with Crippen LogP contribution < -0.4 is 10.1 Å². The lowest BCUT2D eigenvalue weighted by atomic mass is 10.1. The largest absolute Gasteiger partial charge is 0.455 e. The number of amides is 1. The van der Waals surface area contributed by atoms with Gasteiger partial charge >= 0.3 is 0 Å². The van der Waals surface area contributed by atoms with Crippen LogP contribution in [0.4, 0.5) is 10.1 Å². The van der Waals surface area contributed by atoms with E-state index in [1.54, 1.807) is 36.4 Å². The van der Waals surface area contributed by atoms with Crippen LogP contribution >= 0.6 is 0 Å². The standard InChI is InChI=1S/C22H15FN2O3/c23-14-10-11-18-16(12-14)17(13-24-18)21(26)22(27)25-19-8-4-5-9-20(19)28-15-6-2-1-3-7-15/h1-13,24H,(H,25,27). The molecule has 1 aromatic heterocycles. The number of aromatic amines is 1. The summed E-state index contributed by atoms with van der Waals surface area (Å²) in [5.41, 5.74) is 1.04. The molecule has 3 aromatic carbocycles. The zero-order valence-electron chi connectivity index (χ0n) is 14.6. The molecule has 0 unspecified atom stereocenters. The monoisotopic (exact) mass is 374 g/mol. The van der Waals surface area contributed by atoms with Crippen molar-refractivity contribution < 1.29 is 18.7 Å². The van der Waals surface area contributed by atoms with Crippen molar-refractivity contribution in [3.05, 3.63) is 90.4 Å². The molecular formula is C22H15FN2O3. The fraction of sp³-hybridized carbons (Fsp3) is 0. The highest BCUT2D eigenvalue weighted by Crippen LogP contribution is 2.29.